The first-order chi connectivity index (χ1) is 16.9. The summed E-state index contributed by atoms with van der Waals surface area (Å²) in [4.78, 5) is 27.3. The van der Waals surface area contributed by atoms with Crippen molar-refractivity contribution in [3.05, 3.63) is 90.0 Å². The highest BCUT2D eigenvalue weighted by molar-refractivity contribution is 7.89. The number of carbonyl (C=O) groups excluding carboxylic acids is 2. The molecule has 0 saturated carbocycles. The summed E-state index contributed by atoms with van der Waals surface area (Å²) >= 11 is 0. The minimum absolute atomic E-state index is 0.207. The molecule has 3 aromatic rings. The molecule has 1 heterocycles. The molecule has 1 aliphatic heterocycles. The highest BCUT2D eigenvalue weighted by Crippen LogP contribution is 2.21. The van der Waals surface area contributed by atoms with E-state index in [1.54, 1.807) is 60.7 Å². The number of nitrogens with one attached hydrogen (secondary N) is 2. The molecule has 0 bridgehead atoms. The Morgan fingerprint density at radius 1 is 0.714 bits per heavy atom. The van der Waals surface area contributed by atoms with Gasteiger partial charge in [0, 0.05) is 48.7 Å². The quantitative estimate of drug-likeness (QED) is 0.526. The van der Waals surface area contributed by atoms with E-state index in [1.165, 1.54) is 16.4 Å². The lowest BCUT2D eigenvalue weighted by Gasteiger charge is -2.33. The van der Waals surface area contributed by atoms with Gasteiger partial charge in [-0.3, -0.25) is 9.59 Å². The lowest BCUT2D eigenvalue weighted by atomic mass is 10.1. The van der Waals surface area contributed by atoms with Gasteiger partial charge in [-0.15, -0.1) is 0 Å². The van der Waals surface area contributed by atoms with Crippen LogP contribution in [0.4, 0.5) is 11.4 Å². The average Bonchev–Trinajstić information content (AvgIpc) is 2.90. The van der Waals surface area contributed by atoms with E-state index in [-0.39, 0.29) is 16.7 Å². The number of likely N-dealkylation sites (N-methyl/N-ethyl adjacent to an activating group) is 1. The largest absolute Gasteiger partial charge is 0.322 e. The van der Waals surface area contributed by atoms with Gasteiger partial charge in [0.15, 0.2) is 0 Å². The molecular weight excluding hydrogens is 464 g/mol. The Morgan fingerprint density at radius 3 is 1.71 bits per heavy atom. The Kier molecular flexibility index (Phi) is 7.60. The molecule has 1 fully saturated rings. The van der Waals surface area contributed by atoms with Crippen LogP contribution in [-0.4, -0.2) is 62.2 Å². The molecule has 0 unspecified atom stereocenters. The molecule has 0 atom stereocenters. The van der Waals surface area contributed by atoms with E-state index in [2.05, 4.69) is 22.5 Å². The van der Waals surface area contributed by atoms with Crippen LogP contribution >= 0.6 is 0 Å². The molecule has 0 aromatic heterocycles. The molecule has 4 rings (SSSR count). The Bertz CT molecular complexity index is 1270. The number of piperazine rings is 1. The van der Waals surface area contributed by atoms with Gasteiger partial charge in [-0.2, -0.15) is 4.31 Å². The molecule has 0 radical (unpaired) electrons. The Balaban J connectivity index is 1.35. The second kappa shape index (κ2) is 10.8. The maximum atomic E-state index is 12.9. The van der Waals surface area contributed by atoms with E-state index < -0.39 is 10.0 Å². The maximum Gasteiger partial charge on any atom is 0.255 e. The van der Waals surface area contributed by atoms with E-state index >= 15 is 0 Å². The number of nitrogens with zero attached hydrogens (tertiary/aromatic N) is 2. The average molecular weight is 493 g/mol. The monoisotopic (exact) mass is 492 g/mol. The van der Waals surface area contributed by atoms with Crippen molar-refractivity contribution in [2.45, 2.75) is 11.8 Å². The molecule has 8 nitrogen and oxygen atoms in total. The van der Waals surface area contributed by atoms with Crippen LogP contribution in [0.3, 0.4) is 0 Å². The van der Waals surface area contributed by atoms with Crippen LogP contribution in [0.1, 0.15) is 27.6 Å². The van der Waals surface area contributed by atoms with E-state index in [9.17, 15) is 18.0 Å². The summed E-state index contributed by atoms with van der Waals surface area (Å²) in [6, 6.07) is 21.6. The minimum atomic E-state index is -3.57. The van der Waals surface area contributed by atoms with Crippen molar-refractivity contribution in [3.63, 3.8) is 0 Å². The summed E-state index contributed by atoms with van der Waals surface area (Å²) < 4.78 is 27.4. The van der Waals surface area contributed by atoms with Crippen molar-refractivity contribution in [2.75, 3.05) is 43.4 Å². The maximum absolute atomic E-state index is 12.9. The van der Waals surface area contributed by atoms with Crippen LogP contribution in [0.15, 0.2) is 83.8 Å². The molecule has 2 amide bonds. The molecular formula is C26H28N4O4S. The van der Waals surface area contributed by atoms with Crippen LogP contribution in [-0.2, 0) is 10.0 Å². The van der Waals surface area contributed by atoms with Gasteiger partial charge in [0.2, 0.25) is 10.0 Å². The summed E-state index contributed by atoms with van der Waals surface area (Å²) in [7, 11) is -3.57. The zero-order chi connectivity index (χ0) is 24.8. The molecule has 2 N–H and O–H groups in total. The van der Waals surface area contributed by atoms with E-state index in [1.807, 2.05) is 6.07 Å². The van der Waals surface area contributed by atoms with E-state index in [0.717, 1.165) is 19.6 Å². The van der Waals surface area contributed by atoms with Crippen molar-refractivity contribution in [1.29, 1.82) is 0 Å². The van der Waals surface area contributed by atoms with E-state index in [4.69, 9.17) is 0 Å². The highest BCUT2D eigenvalue weighted by Gasteiger charge is 2.27. The lowest BCUT2D eigenvalue weighted by Crippen LogP contribution is -2.48. The number of sulfonamides is 1. The van der Waals surface area contributed by atoms with E-state index in [0.29, 0.717) is 35.6 Å². The minimum Gasteiger partial charge on any atom is -0.322 e. The standard InChI is InChI=1S/C26H28N4O4S/c1-2-29-16-18-30(19-17-29)35(33,34)24-14-12-23(13-15-24)28-26(32)21-8-10-22(11-9-21)27-25(31)20-6-4-3-5-7-20/h3-15H,2,16-19H2,1H3,(H,27,31)(H,28,32). The number of hydrogen-bond acceptors (Lipinski definition) is 5. The number of benzene rings is 3. The third kappa shape index (κ3) is 5.94. The van der Waals surface area contributed by atoms with Crippen molar-refractivity contribution >= 4 is 33.2 Å². The Labute approximate surface area is 205 Å². The second-order valence-corrected chi connectivity index (χ2v) is 10.2. The first-order valence-electron chi connectivity index (χ1n) is 11.5. The lowest BCUT2D eigenvalue weighted by molar-refractivity contribution is 0.102. The Hall–Kier alpha value is -3.53. The highest BCUT2D eigenvalue weighted by atomic mass is 32.2. The van der Waals surface area contributed by atoms with Crippen LogP contribution in [0, 0.1) is 0 Å². The summed E-state index contributed by atoms with van der Waals surface area (Å²) in [5, 5.41) is 5.57. The van der Waals surface area contributed by atoms with Crippen LogP contribution in [0.25, 0.3) is 0 Å². The summed E-state index contributed by atoms with van der Waals surface area (Å²) in [6.45, 7) is 5.35. The van der Waals surface area contributed by atoms with Gasteiger partial charge in [-0.25, -0.2) is 8.42 Å². The van der Waals surface area contributed by atoms with Crippen molar-refractivity contribution in [2.24, 2.45) is 0 Å². The van der Waals surface area contributed by atoms with Gasteiger partial charge in [-0.05, 0) is 67.2 Å². The zero-order valence-electron chi connectivity index (χ0n) is 19.5. The fraction of sp³-hybridized carbons (Fsp3) is 0.231. The summed E-state index contributed by atoms with van der Waals surface area (Å²) in [5.41, 5.74) is 2.02. The van der Waals surface area contributed by atoms with Crippen molar-refractivity contribution < 1.29 is 18.0 Å². The summed E-state index contributed by atoms with van der Waals surface area (Å²) in [6.07, 6.45) is 0. The van der Waals surface area contributed by atoms with Crippen LogP contribution in [0.5, 0.6) is 0 Å². The molecule has 35 heavy (non-hydrogen) atoms. The molecule has 182 valence electrons. The molecule has 1 aliphatic rings. The summed E-state index contributed by atoms with van der Waals surface area (Å²) in [5.74, 6) is -0.567. The van der Waals surface area contributed by atoms with Gasteiger partial charge in [-0.1, -0.05) is 25.1 Å². The molecule has 1 saturated heterocycles. The number of amides is 2. The fourth-order valence-corrected chi connectivity index (χ4v) is 5.27. The number of carbonyl (C=O) groups is 2. The SMILES string of the molecule is CCN1CCN(S(=O)(=O)c2ccc(NC(=O)c3ccc(NC(=O)c4ccccc4)cc3)cc2)CC1. The van der Waals surface area contributed by atoms with Gasteiger partial charge in [0.25, 0.3) is 11.8 Å². The number of hydrogen-bond donors (Lipinski definition) is 2. The fourth-order valence-electron chi connectivity index (χ4n) is 3.85. The first-order valence-corrected chi connectivity index (χ1v) is 12.9. The van der Waals surface area contributed by atoms with Crippen LogP contribution in [0.2, 0.25) is 0 Å². The normalized spacial score (nSPS) is 14.9. The third-order valence-electron chi connectivity index (χ3n) is 5.97. The topological polar surface area (TPSA) is 98.8 Å². The third-order valence-corrected chi connectivity index (χ3v) is 7.88. The van der Waals surface area contributed by atoms with Gasteiger partial charge >= 0.3 is 0 Å². The van der Waals surface area contributed by atoms with Crippen molar-refractivity contribution in [1.82, 2.24) is 9.21 Å². The zero-order valence-corrected chi connectivity index (χ0v) is 20.3. The number of anilines is 2. The Morgan fingerprint density at radius 2 is 1.20 bits per heavy atom. The predicted molar refractivity (Wildman–Crippen MR) is 136 cm³/mol. The molecule has 9 heteroatoms. The first kappa shape index (κ1) is 24.6. The predicted octanol–water partition coefficient (Wildman–Crippen LogP) is 3.52. The van der Waals surface area contributed by atoms with Gasteiger partial charge in [0.1, 0.15) is 0 Å². The number of rotatable bonds is 7. The smallest absolute Gasteiger partial charge is 0.255 e. The van der Waals surface area contributed by atoms with Crippen LogP contribution < -0.4 is 10.6 Å². The van der Waals surface area contributed by atoms with Crippen molar-refractivity contribution in [3.8, 4) is 0 Å². The molecule has 0 spiro atoms. The molecule has 0 aliphatic carbocycles. The second-order valence-electron chi connectivity index (χ2n) is 8.21. The van der Waals surface area contributed by atoms with Gasteiger partial charge in [0.05, 0.1) is 4.90 Å². The van der Waals surface area contributed by atoms with Gasteiger partial charge < -0.3 is 15.5 Å². The molecule has 3 aromatic carbocycles.